The van der Waals surface area contributed by atoms with Gasteiger partial charge in [0, 0.05) is 10.6 Å². The highest BCUT2D eigenvalue weighted by molar-refractivity contribution is 6.33. The van der Waals surface area contributed by atoms with Gasteiger partial charge in [0.2, 0.25) is 0 Å². The first-order valence-electron chi connectivity index (χ1n) is 6.16. The van der Waals surface area contributed by atoms with Crippen molar-refractivity contribution >= 4 is 35.3 Å². The van der Waals surface area contributed by atoms with Crippen LogP contribution in [-0.2, 0) is 0 Å². The standard InChI is InChI=1S/C15H12Cl2N2O3/c1-22-14-5-3-10(16)6-12(14)15(21)19-18-8-9-2-4-11(20)7-13(9)17/h2-8,20H,1H3,(H,19,21)/b18-8+. The average molecular weight is 339 g/mol. The number of aromatic hydroxyl groups is 1. The van der Waals surface area contributed by atoms with Gasteiger partial charge in [-0.25, -0.2) is 5.43 Å². The van der Waals surface area contributed by atoms with E-state index < -0.39 is 5.91 Å². The molecule has 1 amide bonds. The summed E-state index contributed by atoms with van der Waals surface area (Å²) in [5.41, 5.74) is 3.18. The van der Waals surface area contributed by atoms with E-state index in [2.05, 4.69) is 10.5 Å². The normalized spacial score (nSPS) is 10.7. The van der Waals surface area contributed by atoms with Crippen LogP contribution >= 0.6 is 23.2 Å². The average Bonchev–Trinajstić information content (AvgIpc) is 2.49. The topological polar surface area (TPSA) is 70.9 Å². The largest absolute Gasteiger partial charge is 0.508 e. The van der Waals surface area contributed by atoms with Crippen LogP contribution in [0.1, 0.15) is 15.9 Å². The predicted octanol–water partition coefficient (Wildman–Crippen LogP) is 3.47. The second kappa shape index (κ2) is 7.15. The smallest absolute Gasteiger partial charge is 0.275 e. The molecule has 0 aliphatic carbocycles. The van der Waals surface area contributed by atoms with E-state index >= 15 is 0 Å². The van der Waals surface area contributed by atoms with Gasteiger partial charge in [-0.2, -0.15) is 5.10 Å². The maximum absolute atomic E-state index is 12.1. The number of rotatable bonds is 4. The summed E-state index contributed by atoms with van der Waals surface area (Å²) >= 11 is 11.8. The van der Waals surface area contributed by atoms with Gasteiger partial charge in [0.25, 0.3) is 5.91 Å². The molecule has 0 aromatic heterocycles. The number of hydrogen-bond acceptors (Lipinski definition) is 4. The Morgan fingerprint density at radius 3 is 2.73 bits per heavy atom. The molecule has 0 aliphatic rings. The molecule has 0 saturated carbocycles. The van der Waals surface area contributed by atoms with Gasteiger partial charge < -0.3 is 9.84 Å². The molecule has 2 aromatic rings. The van der Waals surface area contributed by atoms with Crippen LogP contribution in [0.25, 0.3) is 0 Å². The van der Waals surface area contributed by atoms with Crippen molar-refractivity contribution < 1.29 is 14.6 Å². The molecule has 7 heteroatoms. The van der Waals surface area contributed by atoms with E-state index in [1.165, 1.54) is 31.5 Å². The van der Waals surface area contributed by atoms with E-state index in [1.807, 2.05) is 0 Å². The van der Waals surface area contributed by atoms with E-state index in [-0.39, 0.29) is 11.3 Å². The lowest BCUT2D eigenvalue weighted by Gasteiger charge is -2.07. The fraction of sp³-hybridized carbons (Fsp3) is 0.0667. The molecule has 2 N–H and O–H groups in total. The second-order valence-corrected chi connectivity index (χ2v) is 5.09. The molecular formula is C15H12Cl2N2O3. The number of phenols is 1. The number of nitrogens with zero attached hydrogens (tertiary/aromatic N) is 1. The van der Waals surface area contributed by atoms with Gasteiger partial charge in [0.15, 0.2) is 0 Å². The molecule has 2 rings (SSSR count). The second-order valence-electron chi connectivity index (χ2n) is 4.25. The number of carbonyl (C=O) groups excluding carboxylic acids is 1. The van der Waals surface area contributed by atoms with Crippen LogP contribution in [0.4, 0.5) is 0 Å². The lowest BCUT2D eigenvalue weighted by atomic mass is 10.2. The molecule has 0 spiro atoms. The molecule has 0 atom stereocenters. The van der Waals surface area contributed by atoms with Crippen molar-refractivity contribution in [3.63, 3.8) is 0 Å². The third-order valence-corrected chi connectivity index (χ3v) is 3.32. The summed E-state index contributed by atoms with van der Waals surface area (Å²) in [6.45, 7) is 0. The Bertz CT molecular complexity index is 733. The van der Waals surface area contributed by atoms with Gasteiger partial charge in [0.05, 0.1) is 23.9 Å². The van der Waals surface area contributed by atoms with Crippen LogP contribution in [0.2, 0.25) is 10.0 Å². The summed E-state index contributed by atoms with van der Waals surface area (Å²) in [6.07, 6.45) is 1.37. The van der Waals surface area contributed by atoms with E-state index in [0.29, 0.717) is 21.4 Å². The maximum atomic E-state index is 12.1. The fourth-order valence-corrected chi connectivity index (χ4v) is 2.09. The molecule has 0 bridgehead atoms. The highest BCUT2D eigenvalue weighted by atomic mass is 35.5. The van der Waals surface area contributed by atoms with Gasteiger partial charge in [-0.15, -0.1) is 0 Å². The highest BCUT2D eigenvalue weighted by Crippen LogP contribution is 2.22. The van der Waals surface area contributed by atoms with Crippen LogP contribution in [-0.4, -0.2) is 24.3 Å². The SMILES string of the molecule is COc1ccc(Cl)cc1C(=O)N/N=C/c1ccc(O)cc1Cl. The third kappa shape index (κ3) is 3.90. The first kappa shape index (κ1) is 16.1. The number of hydrazone groups is 1. The molecule has 0 fully saturated rings. The Morgan fingerprint density at radius 1 is 1.27 bits per heavy atom. The van der Waals surface area contributed by atoms with E-state index in [1.54, 1.807) is 18.2 Å². The van der Waals surface area contributed by atoms with Crippen LogP contribution in [0.15, 0.2) is 41.5 Å². The molecule has 0 saturated heterocycles. The predicted molar refractivity (Wildman–Crippen MR) is 86.2 cm³/mol. The monoisotopic (exact) mass is 338 g/mol. The zero-order chi connectivity index (χ0) is 16.1. The minimum atomic E-state index is -0.467. The van der Waals surface area contributed by atoms with Crippen LogP contribution in [0.3, 0.4) is 0 Å². The first-order chi connectivity index (χ1) is 10.5. The molecule has 0 radical (unpaired) electrons. The Morgan fingerprint density at radius 2 is 2.05 bits per heavy atom. The van der Waals surface area contributed by atoms with E-state index in [9.17, 15) is 9.90 Å². The minimum absolute atomic E-state index is 0.0508. The van der Waals surface area contributed by atoms with Gasteiger partial charge in [-0.1, -0.05) is 23.2 Å². The van der Waals surface area contributed by atoms with Gasteiger partial charge in [0.1, 0.15) is 11.5 Å². The van der Waals surface area contributed by atoms with Gasteiger partial charge in [-0.05, 0) is 36.4 Å². The number of benzene rings is 2. The van der Waals surface area contributed by atoms with Crippen molar-refractivity contribution in [2.24, 2.45) is 5.10 Å². The molecule has 114 valence electrons. The van der Waals surface area contributed by atoms with Crippen molar-refractivity contribution in [3.05, 3.63) is 57.6 Å². The summed E-state index contributed by atoms with van der Waals surface area (Å²) in [6, 6.07) is 9.13. The summed E-state index contributed by atoms with van der Waals surface area (Å²) in [7, 11) is 1.46. The molecular weight excluding hydrogens is 327 g/mol. The highest BCUT2D eigenvalue weighted by Gasteiger charge is 2.12. The molecule has 0 unspecified atom stereocenters. The van der Waals surface area contributed by atoms with Crippen molar-refractivity contribution in [2.45, 2.75) is 0 Å². The number of ether oxygens (including phenoxy) is 1. The van der Waals surface area contributed by atoms with Crippen molar-refractivity contribution in [1.82, 2.24) is 5.43 Å². The Labute approximate surface area is 137 Å². The molecule has 0 aliphatic heterocycles. The van der Waals surface area contributed by atoms with Crippen LogP contribution < -0.4 is 10.2 Å². The summed E-state index contributed by atoms with van der Waals surface area (Å²) in [5, 5.41) is 13.8. The molecule has 0 heterocycles. The summed E-state index contributed by atoms with van der Waals surface area (Å²) in [5.74, 6) is -0.0277. The van der Waals surface area contributed by atoms with Crippen molar-refractivity contribution in [1.29, 1.82) is 0 Å². The third-order valence-electron chi connectivity index (χ3n) is 2.76. The molecule has 22 heavy (non-hydrogen) atoms. The number of amides is 1. The maximum Gasteiger partial charge on any atom is 0.275 e. The number of hydrogen-bond donors (Lipinski definition) is 2. The summed E-state index contributed by atoms with van der Waals surface area (Å²) in [4.78, 5) is 12.1. The number of nitrogens with one attached hydrogen (secondary N) is 1. The Balaban J connectivity index is 2.13. The Kier molecular flexibility index (Phi) is 5.25. The fourth-order valence-electron chi connectivity index (χ4n) is 1.70. The molecule has 2 aromatic carbocycles. The zero-order valence-corrected chi connectivity index (χ0v) is 13.0. The van der Waals surface area contributed by atoms with Crippen molar-refractivity contribution in [3.8, 4) is 11.5 Å². The van der Waals surface area contributed by atoms with Gasteiger partial charge in [-0.3, -0.25) is 4.79 Å². The Hall–Kier alpha value is -2.24. The van der Waals surface area contributed by atoms with Gasteiger partial charge >= 0.3 is 0 Å². The number of methoxy groups -OCH3 is 1. The minimum Gasteiger partial charge on any atom is -0.508 e. The van der Waals surface area contributed by atoms with E-state index in [0.717, 1.165) is 0 Å². The lowest BCUT2D eigenvalue weighted by molar-refractivity contribution is 0.0952. The molecule has 5 nitrogen and oxygen atoms in total. The summed E-state index contributed by atoms with van der Waals surface area (Å²) < 4.78 is 5.10. The number of halogens is 2. The van der Waals surface area contributed by atoms with Crippen LogP contribution in [0, 0.1) is 0 Å². The number of carbonyl (C=O) groups is 1. The zero-order valence-electron chi connectivity index (χ0n) is 11.5. The number of phenolic OH excluding ortho intramolecular Hbond substituents is 1. The quantitative estimate of drug-likeness (QED) is 0.662. The lowest BCUT2D eigenvalue weighted by Crippen LogP contribution is -2.18. The van der Waals surface area contributed by atoms with E-state index in [4.69, 9.17) is 27.9 Å². The van der Waals surface area contributed by atoms with Crippen molar-refractivity contribution in [2.75, 3.05) is 7.11 Å². The first-order valence-corrected chi connectivity index (χ1v) is 6.92. The van der Waals surface area contributed by atoms with Crippen LogP contribution in [0.5, 0.6) is 11.5 Å².